The number of rotatable bonds is 7. The van der Waals surface area contributed by atoms with Crippen LogP contribution in [0.1, 0.15) is 37.0 Å². The van der Waals surface area contributed by atoms with Crippen LogP contribution in [0.3, 0.4) is 0 Å². The minimum Gasteiger partial charge on any atom is -0.493 e. The molecule has 0 saturated carbocycles. The lowest BCUT2D eigenvalue weighted by Crippen LogP contribution is -2.43. The van der Waals surface area contributed by atoms with Crippen LogP contribution < -0.4 is 14.8 Å². The summed E-state index contributed by atoms with van der Waals surface area (Å²) < 4.78 is 11.2. The van der Waals surface area contributed by atoms with Gasteiger partial charge in [0.25, 0.3) is 5.91 Å². The summed E-state index contributed by atoms with van der Waals surface area (Å²) in [6, 6.07) is 3.24. The third-order valence-corrected chi connectivity index (χ3v) is 5.75. The fourth-order valence-corrected chi connectivity index (χ4v) is 4.08. The Morgan fingerprint density at radius 2 is 2.20 bits per heavy atom. The van der Waals surface area contributed by atoms with E-state index in [1.807, 2.05) is 13.8 Å². The second-order valence-electron chi connectivity index (χ2n) is 7.61. The minimum absolute atomic E-state index is 0.115. The number of carbonyl (C=O) groups excluding carboxylic acids is 2. The van der Waals surface area contributed by atoms with E-state index >= 15 is 0 Å². The summed E-state index contributed by atoms with van der Waals surface area (Å²) >= 11 is 7.76. The standard InChI is InChI=1S/C21H26ClN3O4S/c1-13(2)12-29-18-16(22)9-15(10-17(18)28-3)20(27)25-7-4-5-14(11-25)19(26)24-21-23-6-8-30-21/h6,8-10,13-14H,4-5,7,11-12H2,1-3H3,(H,23,24,26). The summed E-state index contributed by atoms with van der Waals surface area (Å²) in [4.78, 5) is 31.4. The predicted octanol–water partition coefficient (Wildman–Crippen LogP) is 4.33. The van der Waals surface area contributed by atoms with E-state index in [1.165, 1.54) is 18.4 Å². The van der Waals surface area contributed by atoms with Gasteiger partial charge in [-0.2, -0.15) is 0 Å². The Kier molecular flexibility index (Phi) is 7.55. The zero-order chi connectivity index (χ0) is 21.7. The molecule has 0 spiro atoms. The van der Waals surface area contributed by atoms with Gasteiger partial charge in [0, 0.05) is 30.2 Å². The van der Waals surface area contributed by atoms with Crippen molar-refractivity contribution < 1.29 is 19.1 Å². The van der Waals surface area contributed by atoms with Crippen LogP contribution in [-0.4, -0.2) is 48.5 Å². The third kappa shape index (κ3) is 5.43. The maximum atomic E-state index is 13.1. The number of aromatic nitrogens is 1. The molecule has 0 aliphatic carbocycles. The molecule has 1 fully saturated rings. The largest absolute Gasteiger partial charge is 0.493 e. The third-order valence-electron chi connectivity index (χ3n) is 4.78. The van der Waals surface area contributed by atoms with Crippen LogP contribution >= 0.6 is 22.9 Å². The van der Waals surface area contributed by atoms with Gasteiger partial charge in [-0.05, 0) is 30.9 Å². The number of benzene rings is 1. The zero-order valence-corrected chi connectivity index (χ0v) is 18.9. The number of carbonyl (C=O) groups is 2. The number of anilines is 1. The molecular formula is C21H26ClN3O4S. The van der Waals surface area contributed by atoms with E-state index in [0.29, 0.717) is 52.8 Å². The predicted molar refractivity (Wildman–Crippen MR) is 118 cm³/mol. The Hall–Kier alpha value is -2.32. The number of methoxy groups -OCH3 is 1. The average molecular weight is 452 g/mol. The number of ether oxygens (including phenoxy) is 2. The first kappa shape index (κ1) is 22.4. The molecule has 1 unspecified atom stereocenters. The highest BCUT2D eigenvalue weighted by molar-refractivity contribution is 7.13. The van der Waals surface area contributed by atoms with Crippen molar-refractivity contribution in [3.63, 3.8) is 0 Å². The van der Waals surface area contributed by atoms with Gasteiger partial charge in [0.2, 0.25) is 5.91 Å². The highest BCUT2D eigenvalue weighted by atomic mass is 35.5. The van der Waals surface area contributed by atoms with Crippen LogP contribution in [0.4, 0.5) is 5.13 Å². The van der Waals surface area contributed by atoms with E-state index in [2.05, 4.69) is 10.3 Å². The van der Waals surface area contributed by atoms with E-state index < -0.39 is 0 Å². The summed E-state index contributed by atoms with van der Waals surface area (Å²) in [5, 5.41) is 5.52. The van der Waals surface area contributed by atoms with Crippen molar-refractivity contribution in [1.82, 2.24) is 9.88 Å². The molecule has 162 valence electrons. The molecule has 30 heavy (non-hydrogen) atoms. The van der Waals surface area contributed by atoms with Crippen molar-refractivity contribution in [2.75, 3.05) is 32.1 Å². The number of halogens is 1. The molecule has 2 amide bonds. The number of hydrogen-bond acceptors (Lipinski definition) is 6. The Balaban J connectivity index is 1.72. The summed E-state index contributed by atoms with van der Waals surface area (Å²) in [5.74, 6) is 0.601. The molecule has 2 heterocycles. The van der Waals surface area contributed by atoms with Crippen molar-refractivity contribution in [3.8, 4) is 11.5 Å². The summed E-state index contributed by atoms with van der Waals surface area (Å²) in [6.07, 6.45) is 3.12. The molecule has 3 rings (SSSR count). The highest BCUT2D eigenvalue weighted by Gasteiger charge is 2.30. The second kappa shape index (κ2) is 10.1. The topological polar surface area (TPSA) is 80.8 Å². The quantitative estimate of drug-likeness (QED) is 0.677. The van der Waals surface area contributed by atoms with E-state index in [-0.39, 0.29) is 17.7 Å². The van der Waals surface area contributed by atoms with Gasteiger partial charge in [-0.15, -0.1) is 11.3 Å². The van der Waals surface area contributed by atoms with E-state index in [1.54, 1.807) is 28.6 Å². The highest BCUT2D eigenvalue weighted by Crippen LogP contribution is 2.37. The molecule has 7 nitrogen and oxygen atoms in total. The molecular weight excluding hydrogens is 426 g/mol. The molecule has 1 atom stereocenters. The fraction of sp³-hybridized carbons (Fsp3) is 0.476. The van der Waals surface area contributed by atoms with Crippen LogP contribution in [0.5, 0.6) is 11.5 Å². The SMILES string of the molecule is COc1cc(C(=O)N2CCCC(C(=O)Nc3nccs3)C2)cc(Cl)c1OCC(C)C. The smallest absolute Gasteiger partial charge is 0.254 e. The molecule has 1 aromatic carbocycles. The van der Waals surface area contributed by atoms with Gasteiger partial charge in [-0.3, -0.25) is 9.59 Å². The van der Waals surface area contributed by atoms with Crippen LogP contribution in [0.15, 0.2) is 23.7 Å². The molecule has 1 N–H and O–H groups in total. The normalized spacial score (nSPS) is 16.4. The maximum absolute atomic E-state index is 13.1. The van der Waals surface area contributed by atoms with Gasteiger partial charge in [0.15, 0.2) is 16.6 Å². The Morgan fingerprint density at radius 3 is 2.87 bits per heavy atom. The lowest BCUT2D eigenvalue weighted by molar-refractivity contribution is -0.121. The molecule has 1 saturated heterocycles. The molecule has 9 heteroatoms. The van der Waals surface area contributed by atoms with Crippen molar-refractivity contribution >= 4 is 39.9 Å². The van der Waals surface area contributed by atoms with E-state index in [9.17, 15) is 9.59 Å². The maximum Gasteiger partial charge on any atom is 0.254 e. The summed E-state index contributed by atoms with van der Waals surface area (Å²) in [5.41, 5.74) is 0.412. The van der Waals surface area contributed by atoms with Crippen molar-refractivity contribution in [3.05, 3.63) is 34.3 Å². The van der Waals surface area contributed by atoms with Gasteiger partial charge in [-0.1, -0.05) is 25.4 Å². The van der Waals surface area contributed by atoms with Crippen molar-refractivity contribution in [2.45, 2.75) is 26.7 Å². The molecule has 0 bridgehead atoms. The Labute approximate surface area is 185 Å². The number of likely N-dealkylation sites (tertiary alicyclic amines) is 1. The first-order chi connectivity index (χ1) is 14.4. The van der Waals surface area contributed by atoms with Crippen molar-refractivity contribution in [1.29, 1.82) is 0 Å². The first-order valence-electron chi connectivity index (χ1n) is 9.89. The summed E-state index contributed by atoms with van der Waals surface area (Å²) in [6.45, 7) is 5.50. The first-order valence-corrected chi connectivity index (χ1v) is 11.1. The van der Waals surface area contributed by atoms with Gasteiger partial charge in [-0.25, -0.2) is 4.98 Å². The Morgan fingerprint density at radius 1 is 1.40 bits per heavy atom. The van der Waals surface area contributed by atoms with Gasteiger partial charge < -0.3 is 19.7 Å². The second-order valence-corrected chi connectivity index (χ2v) is 8.91. The Bertz CT molecular complexity index is 889. The number of thiazole rings is 1. The average Bonchev–Trinajstić information content (AvgIpc) is 3.24. The number of nitrogens with one attached hydrogen (secondary N) is 1. The van der Waals surface area contributed by atoms with Crippen LogP contribution in [0.25, 0.3) is 0 Å². The van der Waals surface area contributed by atoms with Crippen molar-refractivity contribution in [2.24, 2.45) is 11.8 Å². The van der Waals surface area contributed by atoms with E-state index in [0.717, 1.165) is 12.8 Å². The monoisotopic (exact) mass is 451 g/mol. The lowest BCUT2D eigenvalue weighted by atomic mass is 9.96. The van der Waals surface area contributed by atoms with Crippen LogP contribution in [-0.2, 0) is 4.79 Å². The zero-order valence-electron chi connectivity index (χ0n) is 17.3. The fourth-order valence-electron chi connectivity index (χ4n) is 3.28. The van der Waals surface area contributed by atoms with Gasteiger partial charge >= 0.3 is 0 Å². The number of nitrogens with zero attached hydrogens (tertiary/aromatic N) is 2. The number of piperidine rings is 1. The molecule has 0 radical (unpaired) electrons. The van der Waals surface area contributed by atoms with Crippen LogP contribution in [0, 0.1) is 11.8 Å². The summed E-state index contributed by atoms with van der Waals surface area (Å²) in [7, 11) is 1.52. The van der Waals surface area contributed by atoms with Gasteiger partial charge in [0.1, 0.15) is 0 Å². The minimum atomic E-state index is -0.280. The lowest BCUT2D eigenvalue weighted by Gasteiger charge is -2.32. The molecule has 1 aliphatic rings. The van der Waals surface area contributed by atoms with Gasteiger partial charge in [0.05, 0.1) is 24.7 Å². The molecule has 1 aromatic heterocycles. The molecule has 2 aromatic rings. The number of hydrogen-bond donors (Lipinski definition) is 1. The van der Waals surface area contributed by atoms with E-state index in [4.69, 9.17) is 21.1 Å². The van der Waals surface area contributed by atoms with Crippen LogP contribution in [0.2, 0.25) is 5.02 Å². The number of amides is 2. The molecule has 1 aliphatic heterocycles.